The van der Waals surface area contributed by atoms with Crippen molar-refractivity contribution in [3.05, 3.63) is 0 Å². The van der Waals surface area contributed by atoms with Crippen LogP contribution in [0.4, 0.5) is 0 Å². The molecule has 2 nitrogen and oxygen atoms in total. The summed E-state index contributed by atoms with van der Waals surface area (Å²) in [4.78, 5) is 0. The summed E-state index contributed by atoms with van der Waals surface area (Å²) in [6.45, 7) is 0.982. The molecule has 1 aliphatic rings. The molecule has 1 rings (SSSR count). The van der Waals surface area contributed by atoms with Crippen molar-refractivity contribution in [2.45, 2.75) is 11.0 Å². The Morgan fingerprint density at radius 3 is 2.00 bits per heavy atom. The Morgan fingerprint density at radius 1 is 1.25 bits per heavy atom. The van der Waals surface area contributed by atoms with Crippen molar-refractivity contribution in [2.24, 2.45) is 0 Å². The van der Waals surface area contributed by atoms with Crippen LogP contribution in [0.2, 0.25) is 0 Å². The van der Waals surface area contributed by atoms with Gasteiger partial charge in [0.2, 0.25) is 0 Å². The van der Waals surface area contributed by atoms with Gasteiger partial charge in [0.15, 0.2) is 0 Å². The van der Waals surface area contributed by atoms with Crippen LogP contribution in [0.5, 0.6) is 0 Å². The average Bonchev–Trinajstić information content (AvgIpc) is 1.64. The number of halogens is 2. The van der Waals surface area contributed by atoms with Gasteiger partial charge in [-0.05, 0) is 0 Å². The minimum absolute atomic E-state index is 0.244. The van der Waals surface area contributed by atoms with Gasteiger partial charge in [0.25, 0.3) is 0 Å². The zero-order valence-electron chi connectivity index (χ0n) is 4.18. The second-order valence-corrected chi connectivity index (χ2v) is 2.56. The smallest absolute Gasteiger partial charge is 0.123 e. The molecule has 0 aromatic heterocycles. The lowest BCUT2D eigenvalue weighted by molar-refractivity contribution is 0.0857. The normalized spacial score (nSPS) is 39.8. The van der Waals surface area contributed by atoms with Gasteiger partial charge in [0.05, 0.1) is 13.2 Å². The van der Waals surface area contributed by atoms with Crippen LogP contribution < -0.4 is 5.32 Å². The summed E-state index contributed by atoms with van der Waals surface area (Å²) in [5.41, 5.74) is -0.488. The van der Waals surface area contributed by atoms with Gasteiger partial charge >= 0.3 is 0 Å². The Bertz CT molecular complexity index is 72.4. The predicted octanol–water partition coefficient (Wildman–Crippen LogP) is 0.751. The van der Waals surface area contributed by atoms with Gasteiger partial charge in [-0.25, -0.2) is 0 Å². The predicted molar refractivity (Wildman–Crippen MR) is 32.2 cm³/mol. The molecule has 0 amide bonds. The monoisotopic (exact) mass is 154 g/mol. The van der Waals surface area contributed by atoms with Gasteiger partial charge in [-0.15, -0.1) is 23.2 Å². The molecule has 1 heterocycles. The topological polar surface area (TPSA) is 23.3 Å². The molecule has 8 heavy (non-hydrogen) atoms. The van der Waals surface area contributed by atoms with Crippen LogP contribution in [-0.2, 0) is 4.74 Å². The van der Waals surface area contributed by atoms with Crippen molar-refractivity contribution in [1.82, 2.24) is 5.32 Å². The van der Waals surface area contributed by atoms with Crippen molar-refractivity contribution >= 4 is 23.2 Å². The number of ether oxygens (including phenoxy) is 1. The Balaban J connectivity index is 2.23. The maximum Gasteiger partial charge on any atom is 0.123 e. The first-order chi connectivity index (χ1) is 3.79. The van der Waals surface area contributed by atoms with Gasteiger partial charge in [0.1, 0.15) is 11.0 Å². The van der Waals surface area contributed by atoms with Crippen molar-refractivity contribution < 1.29 is 4.74 Å². The summed E-state index contributed by atoms with van der Waals surface area (Å²) in [6, 6.07) is 0. The van der Waals surface area contributed by atoms with E-state index in [4.69, 9.17) is 27.9 Å². The van der Waals surface area contributed by atoms with Gasteiger partial charge in [-0.3, -0.25) is 0 Å². The SMILES string of the molecule is ClC1COCC(Cl)[N]1. The Hall–Kier alpha value is 0.500. The fourth-order valence-corrected chi connectivity index (χ4v) is 1.03. The quantitative estimate of drug-likeness (QED) is 0.374. The summed E-state index contributed by atoms with van der Waals surface area (Å²) in [6.07, 6.45) is 0. The molecule has 2 atom stereocenters. The molecule has 0 aliphatic carbocycles. The number of rotatable bonds is 0. The Morgan fingerprint density at radius 2 is 1.75 bits per heavy atom. The summed E-state index contributed by atoms with van der Waals surface area (Å²) in [7, 11) is 0. The third kappa shape index (κ3) is 1.78. The minimum atomic E-state index is -0.244. The van der Waals surface area contributed by atoms with E-state index in [0.29, 0.717) is 13.2 Å². The molecule has 1 fully saturated rings. The fourth-order valence-electron chi connectivity index (χ4n) is 0.524. The van der Waals surface area contributed by atoms with E-state index in [1.165, 1.54) is 0 Å². The molecule has 0 bridgehead atoms. The van der Waals surface area contributed by atoms with Gasteiger partial charge in [0, 0.05) is 0 Å². The van der Waals surface area contributed by atoms with E-state index in [1.807, 2.05) is 0 Å². The molecule has 1 saturated heterocycles. The highest BCUT2D eigenvalue weighted by Gasteiger charge is 2.18. The molecule has 1 aliphatic heterocycles. The van der Waals surface area contributed by atoms with E-state index < -0.39 is 0 Å². The first kappa shape index (κ1) is 6.62. The van der Waals surface area contributed by atoms with Gasteiger partial charge in [-0.2, -0.15) is 5.32 Å². The van der Waals surface area contributed by atoms with Crippen LogP contribution >= 0.6 is 23.2 Å². The van der Waals surface area contributed by atoms with Crippen LogP contribution in [0.15, 0.2) is 0 Å². The lowest BCUT2D eigenvalue weighted by atomic mass is 10.5. The van der Waals surface area contributed by atoms with Crippen LogP contribution in [0, 0.1) is 0 Å². The molecule has 0 aromatic carbocycles. The second kappa shape index (κ2) is 2.87. The summed E-state index contributed by atoms with van der Waals surface area (Å²) < 4.78 is 4.94. The molecule has 0 aromatic rings. The van der Waals surface area contributed by atoms with Gasteiger partial charge < -0.3 is 4.74 Å². The van der Waals surface area contributed by atoms with Crippen molar-refractivity contribution in [3.8, 4) is 0 Å². The van der Waals surface area contributed by atoms with Crippen molar-refractivity contribution in [3.63, 3.8) is 0 Å². The standard InChI is InChI=1S/C4H6Cl2NO/c5-3-1-8-2-4(6)7-3/h3-4H,1-2H2. The van der Waals surface area contributed by atoms with E-state index in [2.05, 4.69) is 5.32 Å². The average molecular weight is 155 g/mol. The highest BCUT2D eigenvalue weighted by Crippen LogP contribution is 2.07. The summed E-state index contributed by atoms with van der Waals surface area (Å²) in [5, 5.41) is 3.89. The molecular formula is C4H6Cl2NO. The molecule has 2 unspecified atom stereocenters. The van der Waals surface area contributed by atoms with E-state index in [9.17, 15) is 0 Å². The minimum Gasteiger partial charge on any atom is -0.376 e. The van der Waals surface area contributed by atoms with Crippen LogP contribution in [-0.4, -0.2) is 24.2 Å². The highest BCUT2D eigenvalue weighted by molar-refractivity contribution is 6.23. The zero-order valence-corrected chi connectivity index (χ0v) is 5.69. The molecule has 4 heteroatoms. The Kier molecular flexibility index (Phi) is 2.38. The number of morpholine rings is 1. The summed E-state index contributed by atoms with van der Waals surface area (Å²) in [5.74, 6) is 0. The van der Waals surface area contributed by atoms with Crippen LogP contribution in [0.3, 0.4) is 0 Å². The van der Waals surface area contributed by atoms with Crippen molar-refractivity contribution in [2.75, 3.05) is 13.2 Å². The molecule has 1 radical (unpaired) electrons. The molecular weight excluding hydrogens is 149 g/mol. The van der Waals surface area contributed by atoms with E-state index >= 15 is 0 Å². The third-order valence-electron chi connectivity index (χ3n) is 0.834. The maximum atomic E-state index is 5.54. The van der Waals surface area contributed by atoms with E-state index in [0.717, 1.165) is 0 Å². The Labute approximate surface area is 58.1 Å². The number of nitrogens with zero attached hydrogens (tertiary/aromatic N) is 1. The number of alkyl halides is 2. The molecule has 0 N–H and O–H groups in total. The second-order valence-electron chi connectivity index (χ2n) is 1.56. The third-order valence-corrected chi connectivity index (χ3v) is 1.31. The molecule has 0 saturated carbocycles. The van der Waals surface area contributed by atoms with Crippen molar-refractivity contribution in [1.29, 1.82) is 0 Å². The zero-order chi connectivity index (χ0) is 5.98. The summed E-state index contributed by atoms with van der Waals surface area (Å²) >= 11 is 11.1. The lowest BCUT2D eigenvalue weighted by Gasteiger charge is -2.20. The van der Waals surface area contributed by atoms with Crippen LogP contribution in [0.25, 0.3) is 0 Å². The number of hydrogen-bond donors (Lipinski definition) is 0. The van der Waals surface area contributed by atoms with Crippen LogP contribution in [0.1, 0.15) is 0 Å². The van der Waals surface area contributed by atoms with E-state index in [-0.39, 0.29) is 11.0 Å². The fraction of sp³-hybridized carbons (Fsp3) is 1.00. The first-order valence-corrected chi connectivity index (χ1v) is 3.22. The highest BCUT2D eigenvalue weighted by atomic mass is 35.5. The molecule has 0 spiro atoms. The maximum absolute atomic E-state index is 5.54. The largest absolute Gasteiger partial charge is 0.376 e. The number of hydrogen-bond acceptors (Lipinski definition) is 1. The molecule has 47 valence electrons. The van der Waals surface area contributed by atoms with Gasteiger partial charge in [-0.1, -0.05) is 0 Å². The lowest BCUT2D eigenvalue weighted by Crippen LogP contribution is -2.37. The first-order valence-electron chi connectivity index (χ1n) is 2.35. The van der Waals surface area contributed by atoms with E-state index in [1.54, 1.807) is 0 Å².